The monoisotopic (exact) mass is 554 g/mol. The maximum Gasteiger partial charge on any atom is 0.0449 e. The molecule has 39 heavy (non-hydrogen) atoms. The van der Waals surface area contributed by atoms with Crippen LogP contribution < -0.4 is 0 Å². The van der Waals surface area contributed by atoms with Gasteiger partial charge in [0, 0.05) is 29.3 Å². The molecule has 1 aliphatic carbocycles. The van der Waals surface area contributed by atoms with Gasteiger partial charge in [-0.15, -0.1) is 34.0 Å². The molecule has 0 nitrogen and oxygen atoms in total. The number of hydrogen-bond acceptors (Lipinski definition) is 3. The van der Waals surface area contributed by atoms with Crippen LogP contribution in [0.4, 0.5) is 0 Å². The molecule has 0 unspecified atom stereocenters. The third kappa shape index (κ3) is 5.14. The standard InChI is InChI=1S/C36H26S3/c1-3-7-25(8-4-1)27-11-15-29(16-12-27)31-19-21-33(37-31)35-23-24-36(39-35)34-22-20-32(38-34)30-17-13-28(14-18-30)26-9-5-2-6-10-26/h1,3-5,7-24H,2,6H2. The van der Waals surface area contributed by atoms with Crippen molar-refractivity contribution in [2.45, 2.75) is 12.8 Å². The Morgan fingerprint density at radius 1 is 0.359 bits per heavy atom. The van der Waals surface area contributed by atoms with Crippen molar-refractivity contribution in [1.82, 2.24) is 0 Å². The molecule has 0 saturated carbocycles. The van der Waals surface area contributed by atoms with E-state index in [1.54, 1.807) is 0 Å². The van der Waals surface area contributed by atoms with Crippen molar-refractivity contribution in [3.8, 4) is 51.5 Å². The Morgan fingerprint density at radius 2 is 0.795 bits per heavy atom. The van der Waals surface area contributed by atoms with Crippen molar-refractivity contribution >= 4 is 39.6 Å². The molecule has 6 aromatic rings. The number of benzene rings is 3. The quantitative estimate of drug-likeness (QED) is 0.192. The number of thiophene rings is 3. The van der Waals surface area contributed by atoms with E-state index in [9.17, 15) is 0 Å². The van der Waals surface area contributed by atoms with E-state index in [0.29, 0.717) is 0 Å². The Balaban J connectivity index is 1.07. The first-order chi connectivity index (χ1) is 19.3. The maximum atomic E-state index is 2.34. The lowest BCUT2D eigenvalue weighted by Crippen LogP contribution is -1.85. The van der Waals surface area contributed by atoms with Crippen LogP contribution in [0.25, 0.3) is 57.1 Å². The second kappa shape index (κ2) is 10.8. The van der Waals surface area contributed by atoms with Gasteiger partial charge >= 0.3 is 0 Å². The molecule has 3 heterocycles. The molecule has 0 atom stereocenters. The molecule has 3 aromatic carbocycles. The number of hydrogen-bond donors (Lipinski definition) is 0. The van der Waals surface area contributed by atoms with Gasteiger partial charge in [-0.25, -0.2) is 0 Å². The fourth-order valence-corrected chi connectivity index (χ4v) is 8.18. The summed E-state index contributed by atoms with van der Waals surface area (Å²) in [6.07, 6.45) is 9.14. The summed E-state index contributed by atoms with van der Waals surface area (Å²) in [4.78, 5) is 7.94. The second-order valence-electron chi connectivity index (χ2n) is 9.65. The summed E-state index contributed by atoms with van der Waals surface area (Å²) in [5.74, 6) is 0. The summed E-state index contributed by atoms with van der Waals surface area (Å²) in [6, 6.07) is 42.1. The molecular formula is C36H26S3. The van der Waals surface area contributed by atoms with Crippen molar-refractivity contribution in [3.05, 3.63) is 139 Å². The lowest BCUT2D eigenvalue weighted by atomic mass is 9.98. The Bertz CT molecular complexity index is 1770. The van der Waals surface area contributed by atoms with Gasteiger partial charge in [-0.3, -0.25) is 0 Å². The normalized spacial score (nSPS) is 13.0. The molecule has 0 N–H and O–H groups in total. The summed E-state index contributed by atoms with van der Waals surface area (Å²) in [6.45, 7) is 0. The van der Waals surface area contributed by atoms with Crippen LogP contribution in [0.5, 0.6) is 0 Å². The third-order valence-corrected chi connectivity index (χ3v) is 10.8. The van der Waals surface area contributed by atoms with Crippen molar-refractivity contribution in [2.24, 2.45) is 0 Å². The van der Waals surface area contributed by atoms with Crippen molar-refractivity contribution in [3.63, 3.8) is 0 Å². The molecule has 0 aliphatic heterocycles. The molecule has 3 aromatic heterocycles. The van der Waals surface area contributed by atoms with E-state index in [1.165, 1.54) is 62.7 Å². The van der Waals surface area contributed by atoms with Gasteiger partial charge in [0.25, 0.3) is 0 Å². The van der Waals surface area contributed by atoms with Crippen LogP contribution in [0.1, 0.15) is 18.4 Å². The largest absolute Gasteiger partial charge is 0.134 e. The Kier molecular flexibility index (Phi) is 6.71. The van der Waals surface area contributed by atoms with Crippen LogP contribution in [-0.2, 0) is 0 Å². The van der Waals surface area contributed by atoms with Crippen molar-refractivity contribution < 1.29 is 0 Å². The molecular weight excluding hydrogens is 529 g/mol. The Hall–Kier alpha value is -3.76. The Labute approximate surface area is 241 Å². The average molecular weight is 555 g/mol. The molecule has 0 amide bonds. The zero-order chi connectivity index (χ0) is 26.0. The summed E-state index contributed by atoms with van der Waals surface area (Å²) in [7, 11) is 0. The van der Waals surface area contributed by atoms with E-state index in [2.05, 4.69) is 133 Å². The molecule has 188 valence electrons. The predicted molar refractivity (Wildman–Crippen MR) is 174 cm³/mol. The van der Waals surface area contributed by atoms with Crippen LogP contribution in [0.15, 0.2) is 133 Å². The van der Waals surface area contributed by atoms with E-state index < -0.39 is 0 Å². The van der Waals surface area contributed by atoms with Crippen LogP contribution in [-0.4, -0.2) is 0 Å². The smallest absolute Gasteiger partial charge is 0.0449 e. The van der Waals surface area contributed by atoms with Gasteiger partial charge in [0.2, 0.25) is 0 Å². The van der Waals surface area contributed by atoms with Gasteiger partial charge in [-0.1, -0.05) is 97.1 Å². The van der Waals surface area contributed by atoms with E-state index in [0.717, 1.165) is 12.8 Å². The van der Waals surface area contributed by atoms with Gasteiger partial charge in [-0.05, 0) is 82.6 Å². The van der Waals surface area contributed by atoms with Gasteiger partial charge in [0.1, 0.15) is 0 Å². The van der Waals surface area contributed by atoms with E-state index >= 15 is 0 Å². The van der Waals surface area contributed by atoms with E-state index in [4.69, 9.17) is 0 Å². The van der Waals surface area contributed by atoms with Gasteiger partial charge < -0.3 is 0 Å². The van der Waals surface area contributed by atoms with Crippen LogP contribution in [0.2, 0.25) is 0 Å². The van der Waals surface area contributed by atoms with E-state index in [1.807, 2.05) is 34.0 Å². The minimum absolute atomic E-state index is 1.14. The maximum absolute atomic E-state index is 2.34. The summed E-state index contributed by atoms with van der Waals surface area (Å²) < 4.78 is 0. The molecule has 0 bridgehead atoms. The molecule has 1 aliphatic rings. The van der Waals surface area contributed by atoms with Crippen molar-refractivity contribution in [1.29, 1.82) is 0 Å². The molecule has 3 heteroatoms. The summed E-state index contributed by atoms with van der Waals surface area (Å²) >= 11 is 5.63. The zero-order valence-electron chi connectivity index (χ0n) is 21.3. The van der Waals surface area contributed by atoms with Gasteiger partial charge in [-0.2, -0.15) is 0 Å². The first-order valence-corrected chi connectivity index (χ1v) is 15.7. The van der Waals surface area contributed by atoms with Gasteiger partial charge in [0.15, 0.2) is 0 Å². The van der Waals surface area contributed by atoms with Crippen LogP contribution >= 0.6 is 34.0 Å². The minimum atomic E-state index is 1.14. The van der Waals surface area contributed by atoms with Crippen molar-refractivity contribution in [2.75, 3.05) is 0 Å². The van der Waals surface area contributed by atoms with E-state index in [-0.39, 0.29) is 0 Å². The SMILES string of the molecule is C1=CC(c2ccc(-c3ccc(-c4ccc(-c5ccc(-c6ccc(-c7ccccc7)cc6)s5)s4)s3)cc2)=CCC1. The first kappa shape index (κ1) is 24.3. The minimum Gasteiger partial charge on any atom is -0.134 e. The molecule has 0 radical (unpaired) electrons. The highest BCUT2D eigenvalue weighted by molar-refractivity contribution is 7.27. The highest BCUT2D eigenvalue weighted by Crippen LogP contribution is 2.43. The predicted octanol–water partition coefficient (Wildman–Crippen LogP) is 11.9. The van der Waals surface area contributed by atoms with Crippen LogP contribution in [0, 0.1) is 0 Å². The molecule has 0 spiro atoms. The fourth-order valence-electron chi connectivity index (χ4n) is 4.97. The highest BCUT2D eigenvalue weighted by atomic mass is 32.1. The number of rotatable bonds is 6. The fraction of sp³-hybridized carbons (Fsp3) is 0.0556. The summed E-state index contributed by atoms with van der Waals surface area (Å²) in [5, 5.41) is 0. The first-order valence-electron chi connectivity index (χ1n) is 13.2. The topological polar surface area (TPSA) is 0 Å². The van der Waals surface area contributed by atoms with Crippen LogP contribution in [0.3, 0.4) is 0 Å². The highest BCUT2D eigenvalue weighted by Gasteiger charge is 2.12. The average Bonchev–Trinajstić information content (AvgIpc) is 3.79. The zero-order valence-corrected chi connectivity index (χ0v) is 23.8. The molecule has 7 rings (SSSR count). The second-order valence-corrected chi connectivity index (χ2v) is 12.9. The third-order valence-electron chi connectivity index (χ3n) is 7.08. The lowest BCUT2D eigenvalue weighted by molar-refractivity contribution is 1.04. The lowest BCUT2D eigenvalue weighted by Gasteiger charge is -2.07. The summed E-state index contributed by atoms with van der Waals surface area (Å²) in [5.41, 5.74) is 7.71. The Morgan fingerprint density at radius 3 is 1.31 bits per heavy atom. The van der Waals surface area contributed by atoms with Gasteiger partial charge in [0.05, 0.1) is 0 Å². The molecule has 0 saturated heterocycles. The number of allylic oxidation sites excluding steroid dienone is 4. The molecule has 0 fully saturated rings.